The van der Waals surface area contributed by atoms with Crippen LogP contribution in [0.4, 0.5) is 0 Å². The molecule has 92 valence electrons. The van der Waals surface area contributed by atoms with E-state index >= 15 is 0 Å². The quantitative estimate of drug-likeness (QED) is 0.846. The lowest BCUT2D eigenvalue weighted by Gasteiger charge is -2.15. The highest BCUT2D eigenvalue weighted by Crippen LogP contribution is 2.31. The van der Waals surface area contributed by atoms with Crippen LogP contribution >= 0.6 is 0 Å². The lowest BCUT2D eigenvalue weighted by Crippen LogP contribution is -2.16. The van der Waals surface area contributed by atoms with Crippen molar-refractivity contribution < 1.29 is 14.7 Å². The topological polar surface area (TPSA) is 54.4 Å². The van der Waals surface area contributed by atoms with Gasteiger partial charge < -0.3 is 5.11 Å². The van der Waals surface area contributed by atoms with E-state index in [4.69, 9.17) is 0 Å². The average Bonchev–Trinajstić information content (AvgIpc) is 2.44. The molecule has 0 saturated carbocycles. The van der Waals surface area contributed by atoms with Gasteiger partial charge in [0.05, 0.1) is 0 Å². The number of fused-ring (bicyclic) bond motifs is 1. The lowest BCUT2D eigenvalue weighted by molar-refractivity contribution is 0.100. The summed E-state index contributed by atoms with van der Waals surface area (Å²) in [6, 6.07) is 13.2. The number of Topliss-reactive ketones (excluding diaryl/α,β-unsaturated/α-hetero) is 1. The molecule has 1 N–H and O–H groups in total. The van der Waals surface area contributed by atoms with E-state index in [0.29, 0.717) is 16.7 Å². The van der Waals surface area contributed by atoms with Crippen LogP contribution in [-0.2, 0) is 0 Å². The number of phenols is 1. The van der Waals surface area contributed by atoms with E-state index in [1.807, 2.05) is 0 Å². The van der Waals surface area contributed by atoms with Crippen molar-refractivity contribution >= 4 is 17.1 Å². The monoisotopic (exact) mass is 250 g/mol. The first-order chi connectivity index (χ1) is 9.18. The van der Waals surface area contributed by atoms with E-state index in [1.54, 1.807) is 42.5 Å². The number of allylic oxidation sites excluding steroid dienone is 2. The van der Waals surface area contributed by atoms with E-state index in [0.717, 1.165) is 0 Å². The molecule has 0 amide bonds. The summed E-state index contributed by atoms with van der Waals surface area (Å²) in [5.41, 5.74) is 1.41. The molecule has 0 atom stereocenters. The van der Waals surface area contributed by atoms with Gasteiger partial charge in [0.2, 0.25) is 0 Å². The first-order valence-electron chi connectivity index (χ1n) is 5.86. The zero-order valence-corrected chi connectivity index (χ0v) is 9.96. The van der Waals surface area contributed by atoms with Gasteiger partial charge in [-0.3, -0.25) is 9.59 Å². The summed E-state index contributed by atoms with van der Waals surface area (Å²) in [4.78, 5) is 24.4. The third-order valence-electron chi connectivity index (χ3n) is 3.15. The minimum Gasteiger partial charge on any atom is -0.507 e. The third-order valence-corrected chi connectivity index (χ3v) is 3.15. The van der Waals surface area contributed by atoms with Gasteiger partial charge in [-0.1, -0.05) is 42.5 Å². The molecule has 19 heavy (non-hydrogen) atoms. The number of phenolic OH excluding ortho intramolecular Hbond substituents is 1. The van der Waals surface area contributed by atoms with Gasteiger partial charge >= 0.3 is 0 Å². The van der Waals surface area contributed by atoms with Crippen LogP contribution in [0.25, 0.3) is 5.57 Å². The van der Waals surface area contributed by atoms with Crippen LogP contribution in [0.15, 0.2) is 54.6 Å². The zero-order chi connectivity index (χ0) is 13.4. The Labute approximate surface area is 109 Å². The number of hydrogen-bond donors (Lipinski definition) is 1. The number of para-hydroxylation sites is 1. The molecule has 1 aliphatic rings. The summed E-state index contributed by atoms with van der Waals surface area (Å²) in [5.74, 6) is -0.459. The standard InChI is InChI=1S/C16H10O3/c17-14-8-4-3-6-11(14)13-9-15(18)10-5-1-2-7-12(10)16(13)19/h1-9,17H. The summed E-state index contributed by atoms with van der Waals surface area (Å²) in [7, 11) is 0. The molecular formula is C16H10O3. The molecule has 1 aliphatic carbocycles. The molecule has 0 spiro atoms. The van der Waals surface area contributed by atoms with Crippen molar-refractivity contribution in [1.82, 2.24) is 0 Å². The van der Waals surface area contributed by atoms with Crippen molar-refractivity contribution in [2.75, 3.05) is 0 Å². The maximum atomic E-state index is 12.4. The summed E-state index contributed by atoms with van der Waals surface area (Å²) in [6.07, 6.45) is 1.29. The average molecular weight is 250 g/mol. The van der Waals surface area contributed by atoms with Crippen molar-refractivity contribution in [1.29, 1.82) is 0 Å². The van der Waals surface area contributed by atoms with Crippen LogP contribution in [-0.4, -0.2) is 16.7 Å². The first kappa shape index (κ1) is 11.4. The number of aromatic hydroxyl groups is 1. The smallest absolute Gasteiger partial charge is 0.194 e. The molecule has 2 aromatic carbocycles. The summed E-state index contributed by atoms with van der Waals surface area (Å²) in [5, 5.41) is 9.81. The van der Waals surface area contributed by atoms with Gasteiger partial charge in [0.25, 0.3) is 0 Å². The van der Waals surface area contributed by atoms with Gasteiger partial charge in [0.1, 0.15) is 5.75 Å². The Kier molecular flexibility index (Phi) is 2.53. The molecule has 0 radical (unpaired) electrons. The highest BCUT2D eigenvalue weighted by atomic mass is 16.3. The van der Waals surface area contributed by atoms with Gasteiger partial charge in [-0.2, -0.15) is 0 Å². The number of hydrogen-bond acceptors (Lipinski definition) is 3. The summed E-state index contributed by atoms with van der Waals surface area (Å²) < 4.78 is 0. The van der Waals surface area contributed by atoms with Gasteiger partial charge in [0.15, 0.2) is 11.6 Å². The van der Waals surface area contributed by atoms with Crippen LogP contribution < -0.4 is 0 Å². The zero-order valence-electron chi connectivity index (χ0n) is 9.96. The van der Waals surface area contributed by atoms with Crippen LogP contribution in [0.1, 0.15) is 26.3 Å². The van der Waals surface area contributed by atoms with Crippen LogP contribution in [0.5, 0.6) is 5.75 Å². The van der Waals surface area contributed by atoms with E-state index < -0.39 is 0 Å². The van der Waals surface area contributed by atoms with Gasteiger partial charge in [-0.25, -0.2) is 0 Å². The van der Waals surface area contributed by atoms with E-state index in [2.05, 4.69) is 0 Å². The molecule has 0 aromatic heterocycles. The SMILES string of the molecule is O=C1C=C(c2ccccc2O)C(=O)c2ccccc21. The Morgan fingerprint density at radius 2 is 1.32 bits per heavy atom. The highest BCUT2D eigenvalue weighted by molar-refractivity contribution is 6.38. The molecule has 0 saturated heterocycles. The Hall–Kier alpha value is -2.68. The Balaban J connectivity index is 2.19. The predicted octanol–water partition coefficient (Wildman–Crippen LogP) is 2.85. The molecule has 0 aliphatic heterocycles. The highest BCUT2D eigenvalue weighted by Gasteiger charge is 2.26. The second-order valence-corrected chi connectivity index (χ2v) is 4.31. The first-order valence-corrected chi connectivity index (χ1v) is 5.86. The molecule has 3 heteroatoms. The second kappa shape index (κ2) is 4.21. The fraction of sp³-hybridized carbons (Fsp3) is 0. The van der Waals surface area contributed by atoms with E-state index in [9.17, 15) is 14.7 Å². The molecular weight excluding hydrogens is 240 g/mol. The number of carbonyl (C=O) groups excluding carboxylic acids is 2. The maximum Gasteiger partial charge on any atom is 0.194 e. The second-order valence-electron chi connectivity index (χ2n) is 4.31. The third kappa shape index (κ3) is 1.76. The van der Waals surface area contributed by atoms with Crippen molar-refractivity contribution in [2.24, 2.45) is 0 Å². The fourth-order valence-corrected chi connectivity index (χ4v) is 2.22. The van der Waals surface area contributed by atoms with E-state index in [1.165, 1.54) is 12.1 Å². The van der Waals surface area contributed by atoms with Crippen LogP contribution in [0, 0.1) is 0 Å². The molecule has 0 bridgehead atoms. The molecule has 3 nitrogen and oxygen atoms in total. The summed E-state index contributed by atoms with van der Waals surface area (Å²) in [6.45, 7) is 0. The molecule has 2 aromatic rings. The fourth-order valence-electron chi connectivity index (χ4n) is 2.22. The van der Waals surface area contributed by atoms with Crippen molar-refractivity contribution in [3.8, 4) is 5.75 Å². The molecule has 3 rings (SSSR count). The van der Waals surface area contributed by atoms with Gasteiger partial charge in [-0.15, -0.1) is 0 Å². The maximum absolute atomic E-state index is 12.4. The normalized spacial score (nSPS) is 14.0. The summed E-state index contributed by atoms with van der Waals surface area (Å²) >= 11 is 0. The Morgan fingerprint density at radius 1 is 0.737 bits per heavy atom. The van der Waals surface area contributed by atoms with Gasteiger partial charge in [0, 0.05) is 22.3 Å². The molecule has 0 fully saturated rings. The number of ketones is 2. The largest absolute Gasteiger partial charge is 0.507 e. The molecule has 0 heterocycles. The van der Waals surface area contributed by atoms with Gasteiger partial charge in [-0.05, 0) is 12.1 Å². The minimum atomic E-state index is -0.239. The van der Waals surface area contributed by atoms with Crippen molar-refractivity contribution in [3.05, 3.63) is 71.3 Å². The van der Waals surface area contributed by atoms with E-state index in [-0.39, 0.29) is 22.9 Å². The number of carbonyl (C=O) groups is 2. The Morgan fingerprint density at radius 3 is 2.00 bits per heavy atom. The van der Waals surface area contributed by atoms with Crippen LogP contribution in [0.3, 0.4) is 0 Å². The predicted molar refractivity (Wildman–Crippen MR) is 71.2 cm³/mol. The number of benzene rings is 2. The Bertz CT molecular complexity index is 726. The minimum absolute atomic E-state index is 0.00530. The molecule has 0 unspecified atom stereocenters. The number of rotatable bonds is 1. The lowest BCUT2D eigenvalue weighted by atomic mass is 9.86. The van der Waals surface area contributed by atoms with Crippen molar-refractivity contribution in [2.45, 2.75) is 0 Å². The van der Waals surface area contributed by atoms with Crippen LogP contribution in [0.2, 0.25) is 0 Å². The van der Waals surface area contributed by atoms with Crippen molar-refractivity contribution in [3.63, 3.8) is 0 Å².